The monoisotopic (exact) mass is 260 g/mol. The second-order valence-corrected chi connectivity index (χ2v) is 7.37. The zero-order valence-corrected chi connectivity index (χ0v) is 11.0. The Kier molecular flexibility index (Phi) is 3.88. The molecule has 0 amide bonds. The maximum atomic E-state index is 12.3. The summed E-state index contributed by atoms with van der Waals surface area (Å²) in [6.45, 7) is 2.45. The molecule has 1 saturated heterocycles. The zero-order chi connectivity index (χ0) is 12.5. The number of carboxylic acids is 1. The van der Waals surface area contributed by atoms with Gasteiger partial charge in [0.05, 0.1) is 12.0 Å². The largest absolute Gasteiger partial charge is 0.481 e. The van der Waals surface area contributed by atoms with Crippen LogP contribution >= 0.6 is 0 Å². The van der Waals surface area contributed by atoms with E-state index in [1.807, 2.05) is 0 Å². The van der Waals surface area contributed by atoms with Gasteiger partial charge in [-0.05, 0) is 32.1 Å². The van der Waals surface area contributed by atoms with Crippen LogP contribution in [0.3, 0.4) is 0 Å². The van der Waals surface area contributed by atoms with Crippen molar-refractivity contribution in [3.63, 3.8) is 0 Å². The smallest absolute Gasteiger partial charge is 0.304 e. The lowest BCUT2D eigenvalue weighted by Crippen LogP contribution is -2.49. The van der Waals surface area contributed by atoms with Gasteiger partial charge in [-0.15, -0.1) is 0 Å². The van der Waals surface area contributed by atoms with Gasteiger partial charge in [-0.3, -0.25) is 9.00 Å². The highest BCUT2D eigenvalue weighted by molar-refractivity contribution is 7.86. The summed E-state index contributed by atoms with van der Waals surface area (Å²) in [5.41, 5.74) is -0.0124. The molecule has 3 atom stereocenters. The molecule has 1 heterocycles. The van der Waals surface area contributed by atoms with Crippen LogP contribution in [0.5, 0.6) is 0 Å². The first-order chi connectivity index (χ1) is 8.02. The average Bonchev–Trinajstić information content (AvgIpc) is 2.25. The molecule has 0 aromatic rings. The van der Waals surface area contributed by atoms with Crippen molar-refractivity contribution in [1.29, 1.82) is 0 Å². The molecule has 4 nitrogen and oxygen atoms in total. The topological polar surface area (TPSA) is 63.6 Å². The molecule has 1 saturated carbocycles. The summed E-state index contributed by atoms with van der Waals surface area (Å²) >= 11 is 0. The summed E-state index contributed by atoms with van der Waals surface area (Å²) in [5.74, 6) is -0.865. The Balaban J connectivity index is 1.92. The highest BCUT2D eigenvalue weighted by Gasteiger charge is 2.44. The molecule has 2 fully saturated rings. The molecule has 0 bridgehead atoms. The van der Waals surface area contributed by atoms with Crippen LogP contribution in [0, 0.1) is 0 Å². The van der Waals surface area contributed by atoms with E-state index in [1.54, 1.807) is 6.92 Å². The molecular weight excluding hydrogens is 240 g/mol. The second-order valence-electron chi connectivity index (χ2n) is 5.24. The van der Waals surface area contributed by atoms with Crippen molar-refractivity contribution in [1.82, 2.24) is 0 Å². The van der Waals surface area contributed by atoms with Crippen LogP contribution in [0.2, 0.25) is 0 Å². The number of hydrogen-bond acceptors (Lipinski definition) is 3. The summed E-state index contributed by atoms with van der Waals surface area (Å²) in [7, 11) is -1.05. The third-order valence-corrected chi connectivity index (χ3v) is 5.92. The van der Waals surface area contributed by atoms with Gasteiger partial charge in [0.2, 0.25) is 0 Å². The number of hydrogen-bond donors (Lipinski definition) is 1. The number of aliphatic carboxylic acids is 1. The minimum absolute atomic E-state index is 0.00301. The van der Waals surface area contributed by atoms with Gasteiger partial charge in [0, 0.05) is 27.9 Å². The predicted molar refractivity (Wildman–Crippen MR) is 65.4 cm³/mol. The summed E-state index contributed by atoms with van der Waals surface area (Å²) in [5, 5.41) is 8.60. The fraction of sp³-hybridized carbons (Fsp3) is 0.917. The Bertz CT molecular complexity index is 324. The molecule has 1 aliphatic heterocycles. The molecule has 0 radical (unpaired) electrons. The van der Waals surface area contributed by atoms with E-state index in [1.165, 1.54) is 6.42 Å². The lowest BCUT2D eigenvalue weighted by atomic mass is 9.75. The first-order valence-electron chi connectivity index (χ1n) is 6.27. The third-order valence-electron chi connectivity index (χ3n) is 3.90. The lowest BCUT2D eigenvalue weighted by Gasteiger charge is -2.47. The van der Waals surface area contributed by atoms with E-state index in [9.17, 15) is 9.00 Å². The Morgan fingerprint density at radius 3 is 2.82 bits per heavy atom. The SMILES string of the molecule is CC(CC(=O)O)S(=O)C1CCOC2(CCC2)C1. The predicted octanol–water partition coefficient (Wildman–Crippen LogP) is 1.70. The number of ether oxygens (including phenoxy) is 1. The van der Waals surface area contributed by atoms with Gasteiger partial charge < -0.3 is 9.84 Å². The highest BCUT2D eigenvalue weighted by atomic mass is 32.2. The molecule has 1 N–H and O–H groups in total. The Labute approximate surface area is 104 Å². The summed E-state index contributed by atoms with van der Waals surface area (Å²) in [6.07, 6.45) is 5.00. The van der Waals surface area contributed by atoms with Gasteiger partial charge in [-0.1, -0.05) is 6.92 Å². The van der Waals surface area contributed by atoms with Gasteiger partial charge >= 0.3 is 5.97 Å². The second kappa shape index (κ2) is 5.06. The Morgan fingerprint density at radius 1 is 1.59 bits per heavy atom. The van der Waals surface area contributed by atoms with Crippen molar-refractivity contribution in [2.45, 2.75) is 61.5 Å². The summed E-state index contributed by atoms with van der Waals surface area (Å²) < 4.78 is 18.0. The van der Waals surface area contributed by atoms with Gasteiger partial charge in [0.1, 0.15) is 0 Å². The fourth-order valence-corrected chi connectivity index (χ4v) is 4.52. The molecule has 1 spiro atoms. The standard InChI is InChI=1S/C12H20O4S/c1-9(7-11(13)14)17(15)10-3-6-16-12(8-10)4-2-5-12/h9-10H,2-8H2,1H3,(H,13,14). The molecule has 98 valence electrons. The molecular formula is C12H20O4S. The van der Waals surface area contributed by atoms with Crippen LogP contribution in [0.15, 0.2) is 0 Å². The molecule has 17 heavy (non-hydrogen) atoms. The third kappa shape index (κ3) is 2.88. The van der Waals surface area contributed by atoms with E-state index in [4.69, 9.17) is 9.84 Å². The molecule has 5 heteroatoms. The normalized spacial score (nSPS) is 30.5. The molecule has 0 aromatic heterocycles. The van der Waals surface area contributed by atoms with Crippen LogP contribution in [0.25, 0.3) is 0 Å². The van der Waals surface area contributed by atoms with Crippen molar-refractivity contribution >= 4 is 16.8 Å². The zero-order valence-electron chi connectivity index (χ0n) is 10.2. The highest BCUT2D eigenvalue weighted by Crippen LogP contribution is 2.43. The van der Waals surface area contributed by atoms with E-state index in [2.05, 4.69) is 0 Å². The van der Waals surface area contributed by atoms with Crippen molar-refractivity contribution in [2.75, 3.05) is 6.61 Å². The van der Waals surface area contributed by atoms with Gasteiger partial charge in [-0.25, -0.2) is 0 Å². The number of rotatable bonds is 4. The van der Waals surface area contributed by atoms with Crippen molar-refractivity contribution in [3.8, 4) is 0 Å². The van der Waals surface area contributed by atoms with E-state index in [-0.39, 0.29) is 22.5 Å². The van der Waals surface area contributed by atoms with E-state index in [0.717, 1.165) is 25.7 Å². The van der Waals surface area contributed by atoms with Crippen molar-refractivity contribution in [3.05, 3.63) is 0 Å². The van der Waals surface area contributed by atoms with Crippen molar-refractivity contribution in [2.24, 2.45) is 0 Å². The van der Waals surface area contributed by atoms with Crippen LogP contribution in [0.1, 0.15) is 45.4 Å². The Hall–Kier alpha value is -0.420. The maximum Gasteiger partial charge on any atom is 0.304 e. The van der Waals surface area contributed by atoms with E-state index in [0.29, 0.717) is 6.61 Å². The van der Waals surface area contributed by atoms with Gasteiger partial charge in [0.25, 0.3) is 0 Å². The summed E-state index contributed by atoms with van der Waals surface area (Å²) in [4.78, 5) is 10.6. The Morgan fingerprint density at radius 2 is 2.29 bits per heavy atom. The van der Waals surface area contributed by atoms with Crippen LogP contribution in [0.4, 0.5) is 0 Å². The van der Waals surface area contributed by atoms with Crippen molar-refractivity contribution < 1.29 is 18.8 Å². The van der Waals surface area contributed by atoms with Gasteiger partial charge in [0.15, 0.2) is 0 Å². The van der Waals surface area contributed by atoms with E-state index < -0.39 is 16.8 Å². The van der Waals surface area contributed by atoms with Crippen LogP contribution < -0.4 is 0 Å². The molecule has 1 aliphatic carbocycles. The molecule has 0 aromatic carbocycles. The number of carbonyl (C=O) groups is 1. The van der Waals surface area contributed by atoms with Crippen LogP contribution in [-0.2, 0) is 20.3 Å². The molecule has 2 aliphatic rings. The fourth-order valence-electron chi connectivity index (χ4n) is 2.76. The first-order valence-corrected chi connectivity index (χ1v) is 7.55. The summed E-state index contributed by atoms with van der Waals surface area (Å²) in [6, 6.07) is 0. The minimum Gasteiger partial charge on any atom is -0.481 e. The number of carboxylic acid groups (broad SMARTS) is 1. The molecule has 3 unspecified atom stereocenters. The minimum atomic E-state index is -1.05. The maximum absolute atomic E-state index is 12.3. The van der Waals surface area contributed by atoms with Crippen LogP contribution in [-0.4, -0.2) is 38.0 Å². The first kappa shape index (κ1) is 13.0. The molecule has 2 rings (SSSR count). The van der Waals surface area contributed by atoms with E-state index >= 15 is 0 Å². The lowest BCUT2D eigenvalue weighted by molar-refractivity contribution is -0.136. The van der Waals surface area contributed by atoms with Gasteiger partial charge in [-0.2, -0.15) is 0 Å². The average molecular weight is 260 g/mol. The quantitative estimate of drug-likeness (QED) is 0.835.